The predicted molar refractivity (Wildman–Crippen MR) is 95.0 cm³/mol. The van der Waals surface area contributed by atoms with Crippen molar-refractivity contribution < 1.29 is 14.2 Å². The van der Waals surface area contributed by atoms with Gasteiger partial charge in [-0.3, -0.25) is 0 Å². The van der Waals surface area contributed by atoms with Gasteiger partial charge in [-0.05, 0) is 25.3 Å². The van der Waals surface area contributed by atoms with Gasteiger partial charge < -0.3 is 14.2 Å². The van der Waals surface area contributed by atoms with Crippen molar-refractivity contribution in [3.8, 4) is 0 Å². The summed E-state index contributed by atoms with van der Waals surface area (Å²) in [6, 6.07) is 18.9. The van der Waals surface area contributed by atoms with E-state index in [9.17, 15) is 0 Å². The Balaban J connectivity index is 1.44. The van der Waals surface area contributed by atoms with E-state index in [0.717, 1.165) is 38.0 Å². The van der Waals surface area contributed by atoms with Crippen LogP contribution in [-0.2, 0) is 26.4 Å². The summed E-state index contributed by atoms with van der Waals surface area (Å²) in [5.41, 5.74) is 3.67. The molecule has 1 saturated heterocycles. The number of hydrogen-bond donors (Lipinski definition) is 0. The van der Waals surface area contributed by atoms with E-state index in [1.807, 2.05) is 6.07 Å². The van der Waals surface area contributed by atoms with Crippen molar-refractivity contribution in [1.82, 2.24) is 0 Å². The van der Waals surface area contributed by atoms with Crippen LogP contribution in [0.5, 0.6) is 0 Å². The lowest BCUT2D eigenvalue weighted by Gasteiger charge is -2.28. The second kappa shape index (κ2) is 8.43. The van der Waals surface area contributed by atoms with Crippen LogP contribution in [0, 0.1) is 6.92 Å². The van der Waals surface area contributed by atoms with Gasteiger partial charge in [-0.25, -0.2) is 0 Å². The zero-order valence-electron chi connectivity index (χ0n) is 14.4. The monoisotopic (exact) mass is 326 g/mol. The molecule has 24 heavy (non-hydrogen) atoms. The molecule has 0 amide bonds. The third-order valence-corrected chi connectivity index (χ3v) is 4.42. The first-order chi connectivity index (χ1) is 11.8. The van der Waals surface area contributed by atoms with Gasteiger partial charge in [0.15, 0.2) is 5.79 Å². The van der Waals surface area contributed by atoms with Crippen molar-refractivity contribution in [2.45, 2.75) is 32.0 Å². The van der Waals surface area contributed by atoms with Crippen LogP contribution in [0.1, 0.15) is 29.5 Å². The minimum Gasteiger partial charge on any atom is -0.381 e. The highest BCUT2D eigenvalue weighted by molar-refractivity contribution is 5.25. The maximum absolute atomic E-state index is 5.96. The Morgan fingerprint density at radius 3 is 2.33 bits per heavy atom. The average Bonchev–Trinajstić information content (AvgIpc) is 3.09. The van der Waals surface area contributed by atoms with E-state index in [1.165, 1.54) is 11.1 Å². The molecule has 128 valence electrons. The van der Waals surface area contributed by atoms with Crippen molar-refractivity contribution in [3.05, 3.63) is 71.3 Å². The standard InChI is InChI=1S/C21H26O3/c1-18-8-10-20(11-9-18)21(23-16-17-24-21)13-5-14-22-15-12-19-6-3-2-4-7-19/h2-4,6-11H,5,12-17H2,1H3. The Bertz CT molecular complexity index is 601. The van der Waals surface area contributed by atoms with E-state index in [1.54, 1.807) is 0 Å². The second-order valence-corrected chi connectivity index (χ2v) is 6.27. The number of aryl methyl sites for hydroxylation is 1. The predicted octanol–water partition coefficient (Wildman–Crippen LogP) is 4.23. The lowest BCUT2D eigenvalue weighted by molar-refractivity contribution is -0.173. The van der Waals surface area contributed by atoms with E-state index in [4.69, 9.17) is 14.2 Å². The highest BCUT2D eigenvalue weighted by Crippen LogP contribution is 2.36. The van der Waals surface area contributed by atoms with Gasteiger partial charge in [0.25, 0.3) is 0 Å². The summed E-state index contributed by atoms with van der Waals surface area (Å²) in [6.07, 6.45) is 2.70. The molecule has 1 heterocycles. The number of ether oxygens (including phenoxy) is 3. The van der Waals surface area contributed by atoms with Crippen LogP contribution >= 0.6 is 0 Å². The summed E-state index contributed by atoms with van der Waals surface area (Å²) in [5, 5.41) is 0. The van der Waals surface area contributed by atoms with Gasteiger partial charge in [-0.2, -0.15) is 0 Å². The number of rotatable bonds is 8. The Labute approximate surface area is 144 Å². The Kier molecular flexibility index (Phi) is 6.02. The summed E-state index contributed by atoms with van der Waals surface area (Å²) in [6.45, 7) is 4.88. The molecule has 2 aromatic carbocycles. The molecule has 0 unspecified atom stereocenters. The van der Waals surface area contributed by atoms with Crippen LogP contribution in [0.2, 0.25) is 0 Å². The van der Waals surface area contributed by atoms with Crippen molar-refractivity contribution >= 4 is 0 Å². The van der Waals surface area contributed by atoms with E-state index < -0.39 is 5.79 Å². The molecule has 3 nitrogen and oxygen atoms in total. The first-order valence-electron chi connectivity index (χ1n) is 8.75. The minimum atomic E-state index is -0.587. The van der Waals surface area contributed by atoms with Crippen LogP contribution in [0.15, 0.2) is 54.6 Å². The molecule has 1 fully saturated rings. The molecule has 0 bridgehead atoms. The molecule has 2 aromatic rings. The summed E-state index contributed by atoms with van der Waals surface area (Å²) >= 11 is 0. The Hall–Kier alpha value is -1.68. The van der Waals surface area contributed by atoms with Crippen LogP contribution < -0.4 is 0 Å². The third-order valence-electron chi connectivity index (χ3n) is 4.42. The maximum atomic E-state index is 5.96. The van der Waals surface area contributed by atoms with Crippen molar-refractivity contribution in [2.24, 2.45) is 0 Å². The molecule has 1 aliphatic heterocycles. The van der Waals surface area contributed by atoms with E-state index in [-0.39, 0.29) is 0 Å². The minimum absolute atomic E-state index is 0.587. The van der Waals surface area contributed by atoms with E-state index >= 15 is 0 Å². The second-order valence-electron chi connectivity index (χ2n) is 6.27. The summed E-state index contributed by atoms with van der Waals surface area (Å²) in [5.74, 6) is -0.587. The van der Waals surface area contributed by atoms with Crippen LogP contribution in [0.25, 0.3) is 0 Å². The fourth-order valence-corrected chi connectivity index (χ4v) is 3.06. The molecule has 0 aliphatic carbocycles. The lowest BCUT2D eigenvalue weighted by atomic mass is 9.99. The molecular weight excluding hydrogens is 300 g/mol. The van der Waals surface area contributed by atoms with Crippen LogP contribution in [-0.4, -0.2) is 26.4 Å². The van der Waals surface area contributed by atoms with Crippen molar-refractivity contribution in [1.29, 1.82) is 0 Å². The van der Waals surface area contributed by atoms with Crippen molar-refractivity contribution in [3.63, 3.8) is 0 Å². The average molecular weight is 326 g/mol. The van der Waals surface area contributed by atoms with Crippen LogP contribution in [0.3, 0.4) is 0 Å². The highest BCUT2D eigenvalue weighted by Gasteiger charge is 2.37. The summed E-state index contributed by atoms with van der Waals surface area (Å²) in [7, 11) is 0. The molecule has 0 saturated carbocycles. The zero-order valence-corrected chi connectivity index (χ0v) is 14.4. The molecule has 0 spiro atoms. The van der Waals surface area contributed by atoms with E-state index in [0.29, 0.717) is 13.2 Å². The maximum Gasteiger partial charge on any atom is 0.195 e. The fourth-order valence-electron chi connectivity index (χ4n) is 3.06. The van der Waals surface area contributed by atoms with Gasteiger partial charge in [-0.1, -0.05) is 60.2 Å². The normalized spacial score (nSPS) is 16.4. The quantitative estimate of drug-likeness (QED) is 0.679. The van der Waals surface area contributed by atoms with Gasteiger partial charge in [0.1, 0.15) is 0 Å². The molecule has 0 N–H and O–H groups in total. The smallest absolute Gasteiger partial charge is 0.195 e. The number of hydrogen-bond acceptors (Lipinski definition) is 3. The first kappa shape index (κ1) is 17.2. The molecule has 3 heteroatoms. The van der Waals surface area contributed by atoms with Gasteiger partial charge in [0.2, 0.25) is 0 Å². The molecule has 0 atom stereocenters. The Morgan fingerprint density at radius 2 is 1.62 bits per heavy atom. The van der Waals surface area contributed by atoms with Gasteiger partial charge >= 0.3 is 0 Å². The van der Waals surface area contributed by atoms with Gasteiger partial charge in [0.05, 0.1) is 19.8 Å². The molecule has 3 rings (SSSR count). The van der Waals surface area contributed by atoms with E-state index in [2.05, 4.69) is 55.5 Å². The molecular formula is C21H26O3. The third kappa shape index (κ3) is 4.44. The molecule has 0 aromatic heterocycles. The van der Waals surface area contributed by atoms with Gasteiger partial charge in [-0.15, -0.1) is 0 Å². The largest absolute Gasteiger partial charge is 0.381 e. The summed E-state index contributed by atoms with van der Waals surface area (Å²) < 4.78 is 17.7. The zero-order chi connectivity index (χ0) is 16.7. The molecule has 1 aliphatic rings. The number of benzene rings is 2. The van der Waals surface area contributed by atoms with Crippen molar-refractivity contribution in [2.75, 3.05) is 26.4 Å². The SMILES string of the molecule is Cc1ccc(C2(CCCOCCc3ccccc3)OCCO2)cc1. The lowest BCUT2D eigenvalue weighted by Crippen LogP contribution is -2.27. The van der Waals surface area contributed by atoms with Gasteiger partial charge in [0, 0.05) is 18.6 Å². The fraction of sp³-hybridized carbons (Fsp3) is 0.429. The first-order valence-corrected chi connectivity index (χ1v) is 8.75. The topological polar surface area (TPSA) is 27.7 Å². The highest BCUT2D eigenvalue weighted by atomic mass is 16.7. The van der Waals surface area contributed by atoms with Crippen LogP contribution in [0.4, 0.5) is 0 Å². The Morgan fingerprint density at radius 1 is 0.917 bits per heavy atom. The summed E-state index contributed by atoms with van der Waals surface area (Å²) in [4.78, 5) is 0. The molecule has 0 radical (unpaired) electrons.